The molecule has 0 atom stereocenters. The van der Waals surface area contributed by atoms with Crippen molar-refractivity contribution < 1.29 is 23.7 Å². The van der Waals surface area contributed by atoms with Gasteiger partial charge in [-0.3, -0.25) is 0 Å². The van der Waals surface area contributed by atoms with E-state index in [0.717, 1.165) is 0 Å². The van der Waals surface area contributed by atoms with E-state index in [1.165, 1.54) is 13.2 Å². The van der Waals surface area contributed by atoms with Gasteiger partial charge < -0.3 is 19.3 Å². The maximum absolute atomic E-state index is 14.4. The molecular formula is C21H23FO4. The van der Waals surface area contributed by atoms with E-state index in [1.807, 2.05) is 13.8 Å². The van der Waals surface area contributed by atoms with Gasteiger partial charge >= 0.3 is 0 Å². The molecule has 0 amide bonds. The largest absolute Gasteiger partial charge is 0.497 e. The number of hydrogen-bond acceptors (Lipinski definition) is 4. The number of ether oxygens (including phenoxy) is 3. The Bertz CT molecular complexity index is 793. The molecule has 2 aromatic carbocycles. The maximum atomic E-state index is 14.4. The van der Waals surface area contributed by atoms with Gasteiger partial charge in [0.25, 0.3) is 0 Å². The zero-order chi connectivity index (χ0) is 19.2. The smallest absolute Gasteiger partial charge is 0.131 e. The highest BCUT2D eigenvalue weighted by molar-refractivity contribution is 5.72. The van der Waals surface area contributed by atoms with Crippen molar-refractivity contribution in [3.8, 4) is 35.0 Å². The Morgan fingerprint density at radius 3 is 2.58 bits per heavy atom. The quantitative estimate of drug-likeness (QED) is 0.576. The molecule has 1 N–H and O–H groups in total. The average Bonchev–Trinajstić information content (AvgIpc) is 2.62. The van der Waals surface area contributed by atoms with Gasteiger partial charge in [-0.05, 0) is 43.7 Å². The van der Waals surface area contributed by atoms with Crippen molar-refractivity contribution >= 4 is 0 Å². The van der Waals surface area contributed by atoms with Crippen molar-refractivity contribution in [3.05, 3.63) is 47.8 Å². The second kappa shape index (κ2) is 8.70. The molecule has 0 fully saturated rings. The summed E-state index contributed by atoms with van der Waals surface area (Å²) in [4.78, 5) is 0. The number of halogens is 1. The molecular weight excluding hydrogens is 335 g/mol. The minimum Gasteiger partial charge on any atom is -0.497 e. The number of aliphatic hydroxyl groups is 1. The Hall–Kier alpha value is -2.55. The van der Waals surface area contributed by atoms with E-state index in [0.29, 0.717) is 28.2 Å². The maximum Gasteiger partial charge on any atom is 0.131 e. The Labute approximate surface area is 153 Å². The second-order valence-electron chi connectivity index (χ2n) is 6.39. The third-order valence-electron chi connectivity index (χ3n) is 3.71. The summed E-state index contributed by atoms with van der Waals surface area (Å²) in [6.07, 6.45) is 5.20. The molecule has 26 heavy (non-hydrogen) atoms. The van der Waals surface area contributed by atoms with Crippen molar-refractivity contribution in [3.63, 3.8) is 0 Å². The first-order chi connectivity index (χ1) is 12.4. The van der Waals surface area contributed by atoms with Gasteiger partial charge in [0.15, 0.2) is 0 Å². The molecule has 4 nitrogen and oxygen atoms in total. The number of methoxy groups -OCH3 is 1. The van der Waals surface area contributed by atoms with Crippen LogP contribution in [0.25, 0.3) is 11.1 Å². The first-order valence-electron chi connectivity index (χ1n) is 8.18. The number of terminal acetylenes is 1. The Morgan fingerprint density at radius 1 is 1.15 bits per heavy atom. The topological polar surface area (TPSA) is 47.9 Å². The van der Waals surface area contributed by atoms with Crippen molar-refractivity contribution in [2.24, 2.45) is 0 Å². The molecule has 0 aliphatic heterocycles. The molecule has 0 saturated carbocycles. The van der Waals surface area contributed by atoms with E-state index >= 15 is 0 Å². The van der Waals surface area contributed by atoms with Crippen LogP contribution in [0.1, 0.15) is 19.4 Å². The third kappa shape index (κ3) is 4.98. The summed E-state index contributed by atoms with van der Waals surface area (Å²) in [6, 6.07) is 9.65. The molecule has 0 radical (unpaired) electrons. The van der Waals surface area contributed by atoms with Gasteiger partial charge in [0, 0.05) is 11.1 Å². The van der Waals surface area contributed by atoms with Crippen LogP contribution in [0.2, 0.25) is 0 Å². The van der Waals surface area contributed by atoms with Crippen LogP contribution < -0.4 is 9.47 Å². The van der Waals surface area contributed by atoms with Gasteiger partial charge in [-0.2, -0.15) is 0 Å². The van der Waals surface area contributed by atoms with E-state index in [2.05, 4.69) is 5.92 Å². The molecule has 138 valence electrons. The van der Waals surface area contributed by atoms with Crippen molar-refractivity contribution in [2.45, 2.75) is 26.1 Å². The number of aliphatic hydroxyl groups excluding tert-OH is 1. The van der Waals surface area contributed by atoms with Gasteiger partial charge in [0.1, 0.15) is 29.5 Å². The molecule has 0 aliphatic carbocycles. The standard InChI is InChI=1S/C21H23FO4/c1-5-10-25-14-21(2,3)26-20-11-15(13-23)6-8-17(20)18-12-16(24-4)7-9-19(18)22/h1,6-9,11-12,23H,10,13-14H2,2-4H3. The molecule has 0 aliphatic rings. The van der Waals surface area contributed by atoms with Crippen LogP contribution in [-0.4, -0.2) is 31.0 Å². The molecule has 0 unspecified atom stereocenters. The predicted molar refractivity (Wildman–Crippen MR) is 98.7 cm³/mol. The number of rotatable bonds is 8. The van der Waals surface area contributed by atoms with Gasteiger partial charge in [-0.15, -0.1) is 6.42 Å². The fraction of sp³-hybridized carbons (Fsp3) is 0.333. The average molecular weight is 358 g/mol. The van der Waals surface area contributed by atoms with Crippen molar-refractivity contribution in [1.29, 1.82) is 0 Å². The summed E-state index contributed by atoms with van der Waals surface area (Å²) < 4.78 is 31.1. The summed E-state index contributed by atoms with van der Waals surface area (Å²) in [5.41, 5.74) is 0.870. The van der Waals surface area contributed by atoms with Gasteiger partial charge in [0.05, 0.1) is 20.3 Å². The lowest BCUT2D eigenvalue weighted by Gasteiger charge is -2.28. The zero-order valence-electron chi connectivity index (χ0n) is 15.2. The summed E-state index contributed by atoms with van der Waals surface area (Å²) in [5.74, 6) is 2.99. The van der Waals surface area contributed by atoms with E-state index in [4.69, 9.17) is 20.6 Å². The normalized spacial score (nSPS) is 11.1. The van der Waals surface area contributed by atoms with Crippen LogP contribution >= 0.6 is 0 Å². The fourth-order valence-corrected chi connectivity index (χ4v) is 2.49. The third-order valence-corrected chi connectivity index (χ3v) is 3.71. The Kier molecular flexibility index (Phi) is 6.62. The minimum absolute atomic E-state index is 0.148. The van der Waals surface area contributed by atoms with E-state index in [1.54, 1.807) is 30.3 Å². The van der Waals surface area contributed by atoms with Crippen LogP contribution in [0.5, 0.6) is 11.5 Å². The molecule has 2 aromatic rings. The molecule has 0 spiro atoms. The van der Waals surface area contributed by atoms with E-state index in [-0.39, 0.29) is 19.8 Å². The fourth-order valence-electron chi connectivity index (χ4n) is 2.49. The molecule has 0 bridgehead atoms. The minimum atomic E-state index is -0.699. The lowest BCUT2D eigenvalue weighted by molar-refractivity contribution is 0.00804. The summed E-state index contributed by atoms with van der Waals surface area (Å²) in [5, 5.41) is 9.44. The summed E-state index contributed by atoms with van der Waals surface area (Å²) in [6.45, 7) is 3.99. The number of benzene rings is 2. The van der Waals surface area contributed by atoms with Gasteiger partial charge in [-0.1, -0.05) is 18.1 Å². The van der Waals surface area contributed by atoms with Gasteiger partial charge in [0.2, 0.25) is 0 Å². The summed E-state index contributed by atoms with van der Waals surface area (Å²) >= 11 is 0. The second-order valence-corrected chi connectivity index (χ2v) is 6.39. The monoisotopic (exact) mass is 358 g/mol. The lowest BCUT2D eigenvalue weighted by Crippen LogP contribution is -2.34. The van der Waals surface area contributed by atoms with E-state index in [9.17, 15) is 9.50 Å². The van der Waals surface area contributed by atoms with E-state index < -0.39 is 11.4 Å². The SMILES string of the molecule is C#CCOCC(C)(C)Oc1cc(CO)ccc1-c1cc(OC)ccc1F. The first kappa shape index (κ1) is 19.8. The first-order valence-corrected chi connectivity index (χ1v) is 8.18. The highest BCUT2D eigenvalue weighted by atomic mass is 19.1. The van der Waals surface area contributed by atoms with Crippen LogP contribution in [0.15, 0.2) is 36.4 Å². The Balaban J connectivity index is 2.43. The molecule has 0 aromatic heterocycles. The van der Waals surface area contributed by atoms with Crippen molar-refractivity contribution in [1.82, 2.24) is 0 Å². The molecule has 0 heterocycles. The molecule has 0 saturated heterocycles. The van der Waals surface area contributed by atoms with Crippen LogP contribution in [0.4, 0.5) is 4.39 Å². The molecule has 5 heteroatoms. The molecule has 2 rings (SSSR count). The van der Waals surface area contributed by atoms with Crippen LogP contribution in [0.3, 0.4) is 0 Å². The highest BCUT2D eigenvalue weighted by Crippen LogP contribution is 2.36. The zero-order valence-corrected chi connectivity index (χ0v) is 15.2. The highest BCUT2D eigenvalue weighted by Gasteiger charge is 2.23. The van der Waals surface area contributed by atoms with Crippen LogP contribution in [0, 0.1) is 18.2 Å². The van der Waals surface area contributed by atoms with Crippen LogP contribution in [-0.2, 0) is 11.3 Å². The lowest BCUT2D eigenvalue weighted by atomic mass is 10.0. The van der Waals surface area contributed by atoms with Crippen molar-refractivity contribution in [2.75, 3.05) is 20.3 Å². The predicted octanol–water partition coefficient (Wildman–Crippen LogP) is 3.80. The summed E-state index contributed by atoms with van der Waals surface area (Å²) in [7, 11) is 1.52. The van der Waals surface area contributed by atoms with Gasteiger partial charge in [-0.25, -0.2) is 4.39 Å². The Morgan fingerprint density at radius 2 is 1.92 bits per heavy atom. The number of hydrogen-bond donors (Lipinski definition) is 1.